The summed E-state index contributed by atoms with van der Waals surface area (Å²) in [4.78, 5) is 13.5. The number of rotatable bonds is 6. The summed E-state index contributed by atoms with van der Waals surface area (Å²) in [5.74, 6) is -0.0811. The number of amides is 1. The van der Waals surface area contributed by atoms with Crippen LogP contribution in [0.2, 0.25) is 0 Å². The second-order valence-electron chi connectivity index (χ2n) is 4.51. The molecule has 0 rings (SSSR count). The highest BCUT2D eigenvalue weighted by Gasteiger charge is 2.13. The number of carbonyl (C=O) groups excluding carboxylic acids is 1. The number of nitrogens with one attached hydrogen (secondary N) is 1. The van der Waals surface area contributed by atoms with Crippen molar-refractivity contribution in [1.82, 2.24) is 10.2 Å². The molecule has 0 aliphatic rings. The highest BCUT2D eigenvalue weighted by molar-refractivity contribution is 5.80. The summed E-state index contributed by atoms with van der Waals surface area (Å²) in [7, 11) is 0. The first-order valence-corrected chi connectivity index (χ1v) is 5.65. The van der Waals surface area contributed by atoms with Gasteiger partial charge in [0.15, 0.2) is 0 Å². The van der Waals surface area contributed by atoms with Crippen LogP contribution in [0.1, 0.15) is 34.6 Å². The molecule has 0 radical (unpaired) electrons. The van der Waals surface area contributed by atoms with E-state index in [1.165, 1.54) is 0 Å². The van der Waals surface area contributed by atoms with Gasteiger partial charge in [-0.2, -0.15) is 0 Å². The van der Waals surface area contributed by atoms with Gasteiger partial charge >= 0.3 is 0 Å². The van der Waals surface area contributed by atoms with Crippen LogP contribution in [-0.4, -0.2) is 42.0 Å². The van der Waals surface area contributed by atoms with Gasteiger partial charge < -0.3 is 11.1 Å². The number of nitrogens with two attached hydrogens (primary N) is 1. The van der Waals surface area contributed by atoms with E-state index >= 15 is 0 Å². The fraction of sp³-hybridized carbons (Fsp3) is 0.909. The van der Waals surface area contributed by atoms with Crippen LogP contribution in [0.5, 0.6) is 0 Å². The summed E-state index contributed by atoms with van der Waals surface area (Å²) in [6.07, 6.45) is 0. The van der Waals surface area contributed by atoms with Crippen LogP contribution in [0.15, 0.2) is 0 Å². The zero-order valence-corrected chi connectivity index (χ0v) is 10.6. The minimum Gasteiger partial charge on any atom is -0.353 e. The third kappa shape index (κ3) is 5.74. The SMILES string of the molecule is CC(C)N(CCNC(=O)[C@@H](C)N)C(C)C. The molecule has 0 aromatic heterocycles. The molecule has 1 atom stereocenters. The summed E-state index contributed by atoms with van der Waals surface area (Å²) in [5, 5.41) is 2.82. The number of hydrogen-bond donors (Lipinski definition) is 2. The molecular formula is C11H25N3O. The largest absolute Gasteiger partial charge is 0.353 e. The van der Waals surface area contributed by atoms with Crippen molar-refractivity contribution >= 4 is 5.91 Å². The lowest BCUT2D eigenvalue weighted by molar-refractivity contribution is -0.122. The molecule has 0 bridgehead atoms. The van der Waals surface area contributed by atoms with E-state index < -0.39 is 6.04 Å². The molecule has 3 N–H and O–H groups in total. The summed E-state index contributed by atoms with van der Waals surface area (Å²) in [5.41, 5.74) is 5.45. The van der Waals surface area contributed by atoms with Crippen molar-refractivity contribution in [3.05, 3.63) is 0 Å². The monoisotopic (exact) mass is 215 g/mol. The maximum Gasteiger partial charge on any atom is 0.236 e. The average molecular weight is 215 g/mol. The van der Waals surface area contributed by atoms with E-state index in [0.29, 0.717) is 18.6 Å². The quantitative estimate of drug-likeness (QED) is 0.681. The Bertz CT molecular complexity index is 182. The number of hydrogen-bond acceptors (Lipinski definition) is 3. The Labute approximate surface area is 93.2 Å². The molecule has 0 heterocycles. The Morgan fingerprint density at radius 3 is 2.00 bits per heavy atom. The van der Waals surface area contributed by atoms with Gasteiger partial charge in [-0.3, -0.25) is 9.69 Å². The van der Waals surface area contributed by atoms with Crippen molar-refractivity contribution in [2.45, 2.75) is 52.7 Å². The predicted octanol–water partition coefficient (Wildman–Crippen LogP) is 0.569. The molecule has 0 spiro atoms. The Balaban J connectivity index is 3.87. The molecule has 0 aromatic rings. The number of nitrogens with zero attached hydrogens (tertiary/aromatic N) is 1. The topological polar surface area (TPSA) is 58.4 Å². The van der Waals surface area contributed by atoms with E-state index in [1.54, 1.807) is 6.92 Å². The number of carbonyl (C=O) groups is 1. The average Bonchev–Trinajstić information content (AvgIpc) is 2.10. The maximum absolute atomic E-state index is 11.2. The normalized spacial score (nSPS) is 13.7. The smallest absolute Gasteiger partial charge is 0.236 e. The van der Waals surface area contributed by atoms with Crippen molar-refractivity contribution in [3.8, 4) is 0 Å². The first kappa shape index (κ1) is 14.4. The van der Waals surface area contributed by atoms with Crippen LogP contribution in [-0.2, 0) is 4.79 Å². The molecule has 0 saturated carbocycles. The van der Waals surface area contributed by atoms with E-state index in [4.69, 9.17) is 5.73 Å². The van der Waals surface area contributed by atoms with Crippen LogP contribution < -0.4 is 11.1 Å². The van der Waals surface area contributed by atoms with E-state index in [9.17, 15) is 4.79 Å². The molecule has 0 aromatic carbocycles. The molecule has 90 valence electrons. The molecule has 0 unspecified atom stereocenters. The van der Waals surface area contributed by atoms with Gasteiger partial charge in [0.25, 0.3) is 0 Å². The Morgan fingerprint density at radius 2 is 1.67 bits per heavy atom. The van der Waals surface area contributed by atoms with Gasteiger partial charge in [0, 0.05) is 25.2 Å². The van der Waals surface area contributed by atoms with Crippen molar-refractivity contribution < 1.29 is 4.79 Å². The molecule has 0 aliphatic heterocycles. The summed E-state index contributed by atoms with van der Waals surface area (Å²) in [6, 6.07) is 0.575. The van der Waals surface area contributed by atoms with Gasteiger partial charge in [-0.1, -0.05) is 0 Å². The highest BCUT2D eigenvalue weighted by Crippen LogP contribution is 2.03. The Hall–Kier alpha value is -0.610. The fourth-order valence-corrected chi connectivity index (χ4v) is 1.58. The first-order chi connectivity index (χ1) is 6.86. The molecule has 0 saturated heterocycles. The summed E-state index contributed by atoms with van der Waals surface area (Å²) >= 11 is 0. The second kappa shape index (κ2) is 6.80. The van der Waals surface area contributed by atoms with Gasteiger partial charge in [0.2, 0.25) is 5.91 Å². The molecule has 1 amide bonds. The van der Waals surface area contributed by atoms with Crippen molar-refractivity contribution in [2.24, 2.45) is 5.73 Å². The third-order valence-electron chi connectivity index (χ3n) is 2.41. The third-order valence-corrected chi connectivity index (χ3v) is 2.41. The van der Waals surface area contributed by atoms with Crippen LogP contribution >= 0.6 is 0 Å². The minimum absolute atomic E-state index is 0.0811. The van der Waals surface area contributed by atoms with Gasteiger partial charge in [0.1, 0.15) is 0 Å². The lowest BCUT2D eigenvalue weighted by Gasteiger charge is -2.30. The zero-order valence-electron chi connectivity index (χ0n) is 10.6. The van der Waals surface area contributed by atoms with Crippen molar-refractivity contribution in [3.63, 3.8) is 0 Å². The van der Waals surface area contributed by atoms with Crippen LogP contribution in [0.4, 0.5) is 0 Å². The van der Waals surface area contributed by atoms with Gasteiger partial charge in [-0.15, -0.1) is 0 Å². The second-order valence-corrected chi connectivity index (χ2v) is 4.51. The zero-order chi connectivity index (χ0) is 12.0. The molecule has 15 heavy (non-hydrogen) atoms. The van der Waals surface area contributed by atoms with Crippen molar-refractivity contribution in [1.29, 1.82) is 0 Å². The first-order valence-electron chi connectivity index (χ1n) is 5.65. The minimum atomic E-state index is -0.420. The van der Waals surface area contributed by atoms with Gasteiger partial charge in [-0.05, 0) is 34.6 Å². The lowest BCUT2D eigenvalue weighted by atomic mass is 10.2. The molecule has 0 fully saturated rings. The summed E-state index contributed by atoms with van der Waals surface area (Å²) < 4.78 is 0. The van der Waals surface area contributed by atoms with E-state index in [-0.39, 0.29) is 5.91 Å². The standard InChI is InChI=1S/C11H25N3O/c1-8(2)14(9(3)4)7-6-13-11(15)10(5)12/h8-10H,6-7,12H2,1-5H3,(H,13,15)/t10-/m1/s1. The fourth-order valence-electron chi connectivity index (χ4n) is 1.58. The molecule has 0 aliphatic carbocycles. The molecule has 4 heteroatoms. The van der Waals surface area contributed by atoms with Crippen LogP contribution in [0.25, 0.3) is 0 Å². The molecule has 4 nitrogen and oxygen atoms in total. The summed E-state index contributed by atoms with van der Waals surface area (Å²) in [6.45, 7) is 11.9. The van der Waals surface area contributed by atoms with E-state index in [2.05, 4.69) is 37.9 Å². The van der Waals surface area contributed by atoms with E-state index in [0.717, 1.165) is 6.54 Å². The van der Waals surface area contributed by atoms with Gasteiger partial charge in [0.05, 0.1) is 6.04 Å². The highest BCUT2D eigenvalue weighted by atomic mass is 16.2. The van der Waals surface area contributed by atoms with E-state index in [1.807, 2.05) is 0 Å². The Kier molecular flexibility index (Phi) is 6.52. The predicted molar refractivity (Wildman–Crippen MR) is 63.6 cm³/mol. The van der Waals surface area contributed by atoms with Crippen LogP contribution in [0, 0.1) is 0 Å². The van der Waals surface area contributed by atoms with Crippen LogP contribution in [0.3, 0.4) is 0 Å². The molecular weight excluding hydrogens is 190 g/mol. The van der Waals surface area contributed by atoms with Crippen molar-refractivity contribution in [2.75, 3.05) is 13.1 Å². The Morgan fingerprint density at radius 1 is 1.20 bits per heavy atom. The lowest BCUT2D eigenvalue weighted by Crippen LogP contribution is -2.45. The maximum atomic E-state index is 11.2. The van der Waals surface area contributed by atoms with Gasteiger partial charge in [-0.25, -0.2) is 0 Å².